The zero-order chi connectivity index (χ0) is 19.8. The molecule has 0 fully saturated rings. The first-order valence-electron chi connectivity index (χ1n) is 9.76. The molecular weight excluding hydrogens is 354 g/mol. The monoisotopic (exact) mass is 375 g/mol. The summed E-state index contributed by atoms with van der Waals surface area (Å²) in [5.74, 6) is 7.58. The van der Waals surface area contributed by atoms with E-state index in [1.165, 1.54) is 16.5 Å². The van der Waals surface area contributed by atoms with Gasteiger partial charge in [0.05, 0.1) is 23.3 Å². The largest absolute Gasteiger partial charge is 0.341 e. The van der Waals surface area contributed by atoms with E-state index in [9.17, 15) is 0 Å². The molecule has 5 rings (SSSR count). The second-order valence-electron chi connectivity index (χ2n) is 7.33. The maximum absolute atomic E-state index is 4.95. The fraction of sp³-hybridized carbons (Fsp3) is 0.115. The molecule has 3 nitrogen and oxygen atoms in total. The Bertz CT molecular complexity index is 1390. The summed E-state index contributed by atoms with van der Waals surface area (Å²) in [6.45, 7) is 2.68. The molecule has 0 unspecified atom stereocenters. The van der Waals surface area contributed by atoms with Gasteiger partial charge in [-0.15, -0.1) is 0 Å². The van der Waals surface area contributed by atoms with Crippen LogP contribution in [0, 0.1) is 18.8 Å². The number of rotatable bonds is 2. The van der Waals surface area contributed by atoms with Crippen LogP contribution in [0.3, 0.4) is 0 Å². The van der Waals surface area contributed by atoms with E-state index in [0.717, 1.165) is 28.1 Å². The Kier molecular flexibility index (Phi) is 4.18. The van der Waals surface area contributed by atoms with E-state index >= 15 is 0 Å². The minimum absolute atomic E-state index is 0.589. The average Bonchev–Trinajstić information content (AvgIpc) is 3.28. The molecule has 0 bridgehead atoms. The maximum Gasteiger partial charge on any atom is 0.158 e. The normalized spacial score (nSPS) is 11.0. The zero-order valence-corrected chi connectivity index (χ0v) is 16.6. The highest BCUT2D eigenvalue weighted by Gasteiger charge is 2.16. The van der Waals surface area contributed by atoms with Crippen molar-refractivity contribution in [1.82, 2.24) is 14.1 Å². The Hall–Kier alpha value is -3.77. The van der Waals surface area contributed by atoms with E-state index in [0.29, 0.717) is 6.54 Å². The van der Waals surface area contributed by atoms with Crippen LogP contribution in [-0.4, -0.2) is 14.1 Å². The molecule has 0 spiro atoms. The molecule has 0 amide bonds. The highest BCUT2D eigenvalue weighted by molar-refractivity contribution is 5.88. The molecule has 0 aliphatic heterocycles. The van der Waals surface area contributed by atoms with E-state index in [4.69, 9.17) is 4.98 Å². The Labute approximate surface area is 170 Å². The van der Waals surface area contributed by atoms with E-state index in [1.807, 2.05) is 6.07 Å². The number of fused-ring (bicyclic) bond motifs is 2. The Morgan fingerprint density at radius 3 is 2.38 bits per heavy atom. The van der Waals surface area contributed by atoms with Crippen LogP contribution in [-0.2, 0) is 13.6 Å². The van der Waals surface area contributed by atoms with Crippen LogP contribution < -0.4 is 0 Å². The number of hydrogen-bond donors (Lipinski definition) is 0. The van der Waals surface area contributed by atoms with E-state index in [2.05, 4.69) is 108 Å². The summed E-state index contributed by atoms with van der Waals surface area (Å²) in [7, 11) is 2.10. The van der Waals surface area contributed by atoms with Gasteiger partial charge in [-0.05, 0) is 43.3 Å². The van der Waals surface area contributed by atoms with Gasteiger partial charge in [-0.25, -0.2) is 4.98 Å². The van der Waals surface area contributed by atoms with Gasteiger partial charge in [0.25, 0.3) is 0 Å². The van der Waals surface area contributed by atoms with Gasteiger partial charge in [-0.1, -0.05) is 59.9 Å². The smallest absolute Gasteiger partial charge is 0.158 e. The van der Waals surface area contributed by atoms with Crippen LogP contribution in [0.2, 0.25) is 0 Å². The minimum atomic E-state index is 0.589. The number of hydrogen-bond acceptors (Lipinski definition) is 1. The molecule has 5 aromatic rings. The SMILES string of the molecule is Cc1ccc(C#CCn2c(-c3cc4ccccc4n3C)nc3ccccc32)cc1. The van der Waals surface area contributed by atoms with Crippen molar-refractivity contribution >= 4 is 21.9 Å². The summed E-state index contributed by atoms with van der Waals surface area (Å²) in [6, 6.07) is 27.2. The fourth-order valence-electron chi connectivity index (χ4n) is 3.79. The van der Waals surface area contributed by atoms with Crippen molar-refractivity contribution in [2.45, 2.75) is 13.5 Å². The lowest BCUT2D eigenvalue weighted by atomic mass is 10.1. The van der Waals surface area contributed by atoms with Crippen LogP contribution in [0.15, 0.2) is 78.9 Å². The maximum atomic E-state index is 4.95. The third-order valence-electron chi connectivity index (χ3n) is 5.36. The standard InChI is InChI=1S/C26H21N3/c1-19-13-15-20(16-14-19)8-7-17-29-24-12-6-4-10-22(24)27-26(29)25-18-21-9-3-5-11-23(21)28(25)2/h3-6,9-16,18H,17H2,1-2H3. The van der Waals surface area contributed by atoms with E-state index in [-0.39, 0.29) is 0 Å². The lowest BCUT2D eigenvalue weighted by Crippen LogP contribution is -2.02. The summed E-state index contributed by atoms with van der Waals surface area (Å²) in [5, 5.41) is 1.22. The predicted molar refractivity (Wildman–Crippen MR) is 120 cm³/mol. The Morgan fingerprint density at radius 1 is 0.862 bits per heavy atom. The number of imidazole rings is 1. The number of nitrogens with zero attached hydrogens (tertiary/aromatic N) is 3. The molecule has 0 N–H and O–H groups in total. The van der Waals surface area contributed by atoms with Gasteiger partial charge in [0, 0.05) is 23.5 Å². The number of aromatic nitrogens is 3. The third-order valence-corrected chi connectivity index (χ3v) is 5.36. The topological polar surface area (TPSA) is 22.8 Å². The predicted octanol–water partition coefficient (Wildman–Crippen LogP) is 5.56. The quantitative estimate of drug-likeness (QED) is 0.371. The molecule has 29 heavy (non-hydrogen) atoms. The highest BCUT2D eigenvalue weighted by atomic mass is 15.1. The first kappa shape index (κ1) is 17.3. The van der Waals surface area contributed by atoms with E-state index in [1.54, 1.807) is 0 Å². The summed E-state index contributed by atoms with van der Waals surface area (Å²) in [5.41, 5.74) is 6.67. The van der Waals surface area contributed by atoms with Gasteiger partial charge in [0.15, 0.2) is 5.82 Å². The third kappa shape index (κ3) is 3.09. The lowest BCUT2D eigenvalue weighted by molar-refractivity contribution is 0.857. The number of aryl methyl sites for hydroxylation is 2. The molecule has 0 saturated carbocycles. The van der Waals surface area contributed by atoms with Crippen LogP contribution in [0.25, 0.3) is 33.5 Å². The van der Waals surface area contributed by atoms with Crippen LogP contribution in [0.4, 0.5) is 0 Å². The average molecular weight is 375 g/mol. The molecule has 140 valence electrons. The first-order valence-corrected chi connectivity index (χ1v) is 9.76. The molecule has 3 aromatic carbocycles. The minimum Gasteiger partial charge on any atom is -0.341 e. The van der Waals surface area contributed by atoms with Gasteiger partial charge in [-0.3, -0.25) is 0 Å². The molecule has 0 saturated heterocycles. The summed E-state index contributed by atoms with van der Waals surface area (Å²) >= 11 is 0. The number of benzene rings is 3. The molecule has 0 radical (unpaired) electrons. The zero-order valence-electron chi connectivity index (χ0n) is 16.6. The van der Waals surface area contributed by atoms with Gasteiger partial charge in [0.1, 0.15) is 0 Å². The molecule has 0 aliphatic carbocycles. The summed E-state index contributed by atoms with van der Waals surface area (Å²) in [4.78, 5) is 4.95. The fourth-order valence-corrected chi connectivity index (χ4v) is 3.79. The van der Waals surface area contributed by atoms with Gasteiger partial charge in [-0.2, -0.15) is 0 Å². The molecule has 2 heterocycles. The second kappa shape index (κ2) is 7.00. The van der Waals surface area contributed by atoms with Crippen molar-refractivity contribution < 1.29 is 0 Å². The summed E-state index contributed by atoms with van der Waals surface area (Å²) < 4.78 is 4.42. The van der Waals surface area contributed by atoms with Crippen molar-refractivity contribution in [2.24, 2.45) is 7.05 Å². The molecule has 0 aliphatic rings. The van der Waals surface area contributed by atoms with Crippen molar-refractivity contribution in [3.05, 3.63) is 90.0 Å². The van der Waals surface area contributed by atoms with E-state index < -0.39 is 0 Å². The molecule has 3 heteroatoms. The second-order valence-corrected chi connectivity index (χ2v) is 7.33. The first-order chi connectivity index (χ1) is 14.2. The Morgan fingerprint density at radius 2 is 1.59 bits per heavy atom. The van der Waals surface area contributed by atoms with Crippen LogP contribution in [0.1, 0.15) is 11.1 Å². The molecular formula is C26H21N3. The van der Waals surface area contributed by atoms with Crippen molar-refractivity contribution in [1.29, 1.82) is 0 Å². The molecule has 0 atom stereocenters. The van der Waals surface area contributed by atoms with Gasteiger partial charge < -0.3 is 9.13 Å². The van der Waals surface area contributed by atoms with Crippen LogP contribution in [0.5, 0.6) is 0 Å². The Balaban J connectivity index is 1.63. The van der Waals surface area contributed by atoms with Gasteiger partial charge >= 0.3 is 0 Å². The van der Waals surface area contributed by atoms with Crippen LogP contribution >= 0.6 is 0 Å². The van der Waals surface area contributed by atoms with Crippen molar-refractivity contribution in [2.75, 3.05) is 0 Å². The molecule has 2 aromatic heterocycles. The lowest BCUT2D eigenvalue weighted by Gasteiger charge is -2.07. The van der Waals surface area contributed by atoms with Crippen molar-refractivity contribution in [3.63, 3.8) is 0 Å². The number of para-hydroxylation sites is 3. The van der Waals surface area contributed by atoms with Gasteiger partial charge in [0.2, 0.25) is 0 Å². The highest BCUT2D eigenvalue weighted by Crippen LogP contribution is 2.29. The summed E-state index contributed by atoms with van der Waals surface area (Å²) in [6.07, 6.45) is 0. The van der Waals surface area contributed by atoms with Crippen molar-refractivity contribution in [3.8, 4) is 23.4 Å².